The zero-order valence-electron chi connectivity index (χ0n) is 28.8. The van der Waals surface area contributed by atoms with E-state index in [2.05, 4.69) is 82.7 Å². The number of hydrogen-bond acceptors (Lipinski definition) is 4. The summed E-state index contributed by atoms with van der Waals surface area (Å²) in [5.41, 5.74) is 2.14. The summed E-state index contributed by atoms with van der Waals surface area (Å²) >= 11 is 0. The largest absolute Gasteiger partial charge is 1.00 e. The summed E-state index contributed by atoms with van der Waals surface area (Å²) in [7, 11) is 0. The van der Waals surface area contributed by atoms with Crippen LogP contribution in [0.15, 0.2) is 49.1 Å². The van der Waals surface area contributed by atoms with Crippen LogP contribution in [0.4, 0.5) is 11.4 Å². The van der Waals surface area contributed by atoms with Gasteiger partial charge < -0.3 is 44.9 Å². The first-order valence-corrected chi connectivity index (χ1v) is 17.9. The molecule has 0 aliphatic rings. The Morgan fingerprint density at radius 2 is 0.822 bits per heavy atom. The van der Waals surface area contributed by atoms with Crippen LogP contribution in [0.5, 0.6) is 0 Å². The van der Waals surface area contributed by atoms with Crippen LogP contribution in [0.1, 0.15) is 142 Å². The van der Waals surface area contributed by atoms with Gasteiger partial charge in [0.05, 0.1) is 19.9 Å². The average molecular weight is 670 g/mol. The zero-order valence-corrected chi connectivity index (χ0v) is 30.3. The predicted octanol–water partition coefficient (Wildman–Crippen LogP) is 3.54. The summed E-state index contributed by atoms with van der Waals surface area (Å²) in [6, 6.07) is 8.31. The van der Waals surface area contributed by atoms with Gasteiger partial charge in [-0.15, -0.1) is 0 Å². The normalized spacial score (nSPS) is 10.7. The van der Waals surface area contributed by atoms with Gasteiger partial charge in [-0.25, -0.2) is 0 Å². The summed E-state index contributed by atoms with van der Waals surface area (Å²) in [6.07, 6.45) is 35.3. The highest BCUT2D eigenvalue weighted by Crippen LogP contribution is 2.12. The molecule has 2 aromatic heterocycles. The number of pyridine rings is 2. The van der Waals surface area contributed by atoms with Crippen LogP contribution >= 0.6 is 0 Å². The lowest BCUT2D eigenvalue weighted by molar-refractivity contribution is -0.732. The highest BCUT2D eigenvalue weighted by Gasteiger charge is 2.05. The molecule has 0 aliphatic heterocycles. The lowest BCUT2D eigenvalue weighted by Crippen LogP contribution is -3.00. The van der Waals surface area contributed by atoms with Crippen LogP contribution in [0, 0.1) is 0 Å². The molecule has 0 saturated heterocycles. The van der Waals surface area contributed by atoms with Crippen molar-refractivity contribution in [2.45, 2.75) is 156 Å². The number of unbranched alkanes of at least 4 members (excludes halogenated alkanes) is 18. The molecule has 45 heavy (non-hydrogen) atoms. The second-order valence-electron chi connectivity index (χ2n) is 12.2. The van der Waals surface area contributed by atoms with Crippen LogP contribution in [0.3, 0.4) is 0 Å². The number of anilines is 2. The standard InChI is InChI=1S/C37H66N4O2.2ClH/c1-3-5-7-9-11-13-15-17-19-21-29-42-34-40-27-23-25-36(31-40)38-33-39-37-26-24-28-41(32-37)35-43-30-22-20-18-16-14-12-10-8-6-4-2;;/h23-28,31-32,38-39H,3-22,29-30,33-35H2,1-2H3;2*1H/q+2;;/p-2. The molecule has 0 fully saturated rings. The Hall–Kier alpha value is -1.60. The fourth-order valence-corrected chi connectivity index (χ4v) is 5.39. The first-order chi connectivity index (χ1) is 21.3. The van der Waals surface area contributed by atoms with Crippen molar-refractivity contribution in [3.8, 4) is 0 Å². The van der Waals surface area contributed by atoms with Gasteiger partial charge in [-0.2, -0.15) is 9.13 Å². The third kappa shape index (κ3) is 25.2. The van der Waals surface area contributed by atoms with Crippen molar-refractivity contribution in [1.82, 2.24) is 0 Å². The van der Waals surface area contributed by atoms with E-state index in [1.165, 1.54) is 116 Å². The SMILES string of the molecule is CCCCCCCCCCCCOC[n+]1cccc(NCNc2ccc[n+](COCCCCCCCCCCCC)c2)c1.[Cl-].[Cl-]. The summed E-state index contributed by atoms with van der Waals surface area (Å²) in [5.74, 6) is 0. The summed E-state index contributed by atoms with van der Waals surface area (Å²) < 4.78 is 16.0. The van der Waals surface area contributed by atoms with Gasteiger partial charge in [0.25, 0.3) is 13.5 Å². The van der Waals surface area contributed by atoms with E-state index in [0.717, 1.165) is 37.4 Å². The number of aromatic nitrogens is 2. The van der Waals surface area contributed by atoms with Gasteiger partial charge in [-0.1, -0.05) is 129 Å². The van der Waals surface area contributed by atoms with Crippen LogP contribution in [-0.2, 0) is 22.9 Å². The van der Waals surface area contributed by atoms with Crippen molar-refractivity contribution in [3.05, 3.63) is 49.1 Å². The molecule has 0 amide bonds. The second-order valence-corrected chi connectivity index (χ2v) is 12.2. The van der Waals surface area contributed by atoms with Gasteiger partial charge in [-0.05, 0) is 25.0 Å². The Balaban J connectivity index is 0.00000968. The maximum absolute atomic E-state index is 5.92. The van der Waals surface area contributed by atoms with E-state index in [1.807, 2.05) is 0 Å². The Morgan fingerprint density at radius 1 is 0.489 bits per heavy atom. The van der Waals surface area contributed by atoms with E-state index in [0.29, 0.717) is 20.1 Å². The maximum atomic E-state index is 5.92. The third-order valence-corrected chi connectivity index (χ3v) is 8.07. The molecular weight excluding hydrogens is 603 g/mol. The minimum atomic E-state index is 0. The second kappa shape index (κ2) is 32.3. The highest BCUT2D eigenvalue weighted by atomic mass is 35.5. The van der Waals surface area contributed by atoms with E-state index in [4.69, 9.17) is 9.47 Å². The molecule has 0 aromatic carbocycles. The maximum Gasteiger partial charge on any atom is 0.252 e. The predicted molar refractivity (Wildman–Crippen MR) is 181 cm³/mol. The van der Waals surface area contributed by atoms with Gasteiger partial charge in [0.1, 0.15) is 11.4 Å². The first kappa shape index (κ1) is 43.4. The van der Waals surface area contributed by atoms with E-state index in [-0.39, 0.29) is 24.8 Å². The minimum Gasteiger partial charge on any atom is -1.00 e. The molecule has 0 spiro atoms. The van der Waals surface area contributed by atoms with Gasteiger partial charge in [-0.3, -0.25) is 0 Å². The average Bonchev–Trinajstić information content (AvgIpc) is 3.02. The monoisotopic (exact) mass is 668 g/mol. The fraction of sp³-hybridized carbons (Fsp3) is 0.730. The quantitative estimate of drug-likeness (QED) is 0.0760. The fourth-order valence-electron chi connectivity index (χ4n) is 5.39. The van der Waals surface area contributed by atoms with Gasteiger partial charge in [0.2, 0.25) is 0 Å². The van der Waals surface area contributed by atoms with E-state index in [1.54, 1.807) is 0 Å². The van der Waals surface area contributed by atoms with E-state index < -0.39 is 0 Å². The number of nitrogens with one attached hydrogen (secondary N) is 2. The Morgan fingerprint density at radius 3 is 1.18 bits per heavy atom. The number of nitrogens with zero attached hydrogens (tertiary/aromatic N) is 2. The first-order valence-electron chi connectivity index (χ1n) is 17.9. The van der Waals surface area contributed by atoms with Crippen LogP contribution in [0.25, 0.3) is 0 Å². The molecule has 0 aliphatic carbocycles. The molecule has 0 saturated carbocycles. The molecule has 8 heteroatoms. The van der Waals surface area contributed by atoms with Crippen LogP contribution < -0.4 is 44.6 Å². The molecule has 6 nitrogen and oxygen atoms in total. The number of hydrogen-bond donors (Lipinski definition) is 2. The Kier molecular flexibility index (Phi) is 31.2. The molecule has 0 unspecified atom stereocenters. The molecule has 0 atom stereocenters. The van der Waals surface area contributed by atoms with Crippen LogP contribution in [-0.4, -0.2) is 19.9 Å². The molecule has 2 aromatic rings. The van der Waals surface area contributed by atoms with Crippen molar-refractivity contribution in [2.24, 2.45) is 0 Å². The molecule has 0 bridgehead atoms. The minimum absolute atomic E-state index is 0. The van der Waals surface area contributed by atoms with Crippen molar-refractivity contribution in [3.63, 3.8) is 0 Å². The molecule has 260 valence electrons. The smallest absolute Gasteiger partial charge is 0.252 e. The van der Waals surface area contributed by atoms with Gasteiger partial charge in [0, 0.05) is 12.1 Å². The van der Waals surface area contributed by atoms with Gasteiger partial charge >= 0.3 is 0 Å². The van der Waals surface area contributed by atoms with Gasteiger partial charge in [0.15, 0.2) is 24.8 Å². The van der Waals surface area contributed by atoms with Crippen LogP contribution in [0.2, 0.25) is 0 Å². The molecule has 2 rings (SSSR count). The van der Waals surface area contributed by atoms with Crippen molar-refractivity contribution >= 4 is 11.4 Å². The Labute approximate surface area is 289 Å². The highest BCUT2D eigenvalue weighted by molar-refractivity contribution is 5.43. The summed E-state index contributed by atoms with van der Waals surface area (Å²) in [5, 5.41) is 6.93. The van der Waals surface area contributed by atoms with Crippen molar-refractivity contribution in [2.75, 3.05) is 30.5 Å². The number of ether oxygens (including phenoxy) is 2. The zero-order chi connectivity index (χ0) is 30.5. The summed E-state index contributed by atoms with van der Waals surface area (Å²) in [6.45, 7) is 8.06. The lowest BCUT2D eigenvalue weighted by atomic mass is 10.1. The number of rotatable bonds is 30. The molecule has 2 N–H and O–H groups in total. The lowest BCUT2D eigenvalue weighted by Gasteiger charge is -2.08. The summed E-state index contributed by atoms with van der Waals surface area (Å²) in [4.78, 5) is 0. The topological polar surface area (TPSA) is 50.3 Å². The van der Waals surface area contributed by atoms with E-state index in [9.17, 15) is 0 Å². The third-order valence-electron chi connectivity index (χ3n) is 8.07. The Bertz CT molecular complexity index is 835. The van der Waals surface area contributed by atoms with Crippen molar-refractivity contribution < 1.29 is 43.4 Å². The van der Waals surface area contributed by atoms with E-state index >= 15 is 0 Å². The van der Waals surface area contributed by atoms with Crippen molar-refractivity contribution in [1.29, 1.82) is 0 Å². The molecule has 0 radical (unpaired) electrons. The number of halogens is 2. The molecule has 2 heterocycles. The molecular formula is C37H66Cl2N4O2.